The van der Waals surface area contributed by atoms with Gasteiger partial charge < -0.3 is 15.0 Å². The summed E-state index contributed by atoms with van der Waals surface area (Å²) < 4.78 is 28.5. The summed E-state index contributed by atoms with van der Waals surface area (Å²) >= 11 is 0. The Bertz CT molecular complexity index is 985. The van der Waals surface area contributed by atoms with Gasteiger partial charge >= 0.3 is 5.97 Å². The number of rotatable bonds is 4. The van der Waals surface area contributed by atoms with Crippen LogP contribution in [0.15, 0.2) is 30.6 Å². The summed E-state index contributed by atoms with van der Waals surface area (Å²) in [5, 5.41) is 13.1. The Hall–Kier alpha value is -3.03. The minimum atomic E-state index is -0.936. The van der Waals surface area contributed by atoms with E-state index in [1.807, 2.05) is 0 Å². The minimum Gasteiger partial charge on any atom is -0.480 e. The second-order valence-electron chi connectivity index (χ2n) is 6.38. The van der Waals surface area contributed by atoms with Crippen LogP contribution in [0.5, 0.6) is 0 Å². The van der Waals surface area contributed by atoms with E-state index in [0.29, 0.717) is 18.8 Å². The first-order valence-corrected chi connectivity index (χ1v) is 8.26. The predicted molar refractivity (Wildman–Crippen MR) is 91.0 cm³/mol. The van der Waals surface area contributed by atoms with Crippen molar-refractivity contribution in [3.05, 3.63) is 53.5 Å². The number of nitrogens with zero attached hydrogens (tertiary/aromatic N) is 3. The Morgan fingerprint density at radius 3 is 2.77 bits per heavy atom. The lowest BCUT2D eigenvalue weighted by atomic mass is 9.91. The number of carboxylic acids is 1. The first kappa shape index (κ1) is 16.4. The third kappa shape index (κ3) is 2.98. The Balaban J connectivity index is 1.69. The zero-order chi connectivity index (χ0) is 18.3. The van der Waals surface area contributed by atoms with Crippen LogP contribution < -0.4 is 5.32 Å². The van der Waals surface area contributed by atoms with Crippen LogP contribution in [0.4, 0.5) is 14.7 Å². The van der Waals surface area contributed by atoms with Crippen LogP contribution in [-0.2, 0) is 24.2 Å². The fourth-order valence-corrected chi connectivity index (χ4v) is 3.63. The molecule has 6 nitrogen and oxygen atoms in total. The van der Waals surface area contributed by atoms with Gasteiger partial charge in [-0.2, -0.15) is 0 Å². The highest BCUT2D eigenvalue weighted by molar-refractivity contribution is 5.87. The van der Waals surface area contributed by atoms with Gasteiger partial charge in [0, 0.05) is 22.6 Å². The maximum absolute atomic E-state index is 13.8. The van der Waals surface area contributed by atoms with Crippen molar-refractivity contribution in [3.8, 4) is 0 Å². The molecule has 0 bridgehead atoms. The molecule has 26 heavy (non-hydrogen) atoms. The lowest BCUT2D eigenvalue weighted by molar-refractivity contribution is -0.137. The Morgan fingerprint density at radius 2 is 2.04 bits per heavy atom. The SMILES string of the molecule is O=C(O)Cn1c2c(c3cc(F)ccc31)C[C@H](Nc1ncc(F)cn1)CC2. The summed E-state index contributed by atoms with van der Waals surface area (Å²) in [7, 11) is 0. The van der Waals surface area contributed by atoms with E-state index in [-0.39, 0.29) is 18.4 Å². The van der Waals surface area contributed by atoms with Crippen molar-refractivity contribution in [3.63, 3.8) is 0 Å². The zero-order valence-electron chi connectivity index (χ0n) is 13.7. The summed E-state index contributed by atoms with van der Waals surface area (Å²) in [5.41, 5.74) is 2.58. The maximum Gasteiger partial charge on any atom is 0.323 e. The molecule has 1 aliphatic rings. The van der Waals surface area contributed by atoms with E-state index in [2.05, 4.69) is 15.3 Å². The van der Waals surface area contributed by atoms with Crippen LogP contribution in [0.25, 0.3) is 10.9 Å². The molecule has 1 aliphatic carbocycles. The number of benzene rings is 1. The molecule has 2 N–H and O–H groups in total. The van der Waals surface area contributed by atoms with Gasteiger partial charge in [0.2, 0.25) is 5.95 Å². The molecule has 0 amide bonds. The van der Waals surface area contributed by atoms with Gasteiger partial charge in [0.05, 0.1) is 12.4 Å². The summed E-state index contributed by atoms with van der Waals surface area (Å²) in [6.07, 6.45) is 4.17. The number of fused-ring (bicyclic) bond motifs is 3. The van der Waals surface area contributed by atoms with Crippen molar-refractivity contribution >= 4 is 22.8 Å². The summed E-state index contributed by atoms with van der Waals surface area (Å²) in [5.74, 6) is -1.47. The highest BCUT2D eigenvalue weighted by Crippen LogP contribution is 2.33. The van der Waals surface area contributed by atoms with Crippen LogP contribution in [0.3, 0.4) is 0 Å². The molecule has 0 aliphatic heterocycles. The molecule has 0 unspecified atom stereocenters. The largest absolute Gasteiger partial charge is 0.480 e. The van der Waals surface area contributed by atoms with Crippen molar-refractivity contribution in [2.24, 2.45) is 0 Å². The number of hydrogen-bond donors (Lipinski definition) is 2. The maximum atomic E-state index is 13.8. The Kier molecular flexibility index (Phi) is 4.02. The number of aromatic nitrogens is 3. The normalized spacial score (nSPS) is 16.5. The molecule has 2 aromatic heterocycles. The van der Waals surface area contributed by atoms with Gasteiger partial charge in [-0.05, 0) is 43.0 Å². The predicted octanol–water partition coefficient (Wildman–Crippen LogP) is 2.76. The second kappa shape index (κ2) is 6.36. The number of aliphatic carboxylic acids is 1. The number of anilines is 1. The van der Waals surface area contributed by atoms with Crippen molar-refractivity contribution in [2.75, 3.05) is 5.32 Å². The average molecular weight is 358 g/mol. The van der Waals surface area contributed by atoms with Crippen molar-refractivity contribution in [2.45, 2.75) is 31.8 Å². The third-order valence-electron chi connectivity index (χ3n) is 4.68. The van der Waals surface area contributed by atoms with Crippen molar-refractivity contribution in [1.82, 2.24) is 14.5 Å². The average Bonchev–Trinajstić information content (AvgIpc) is 2.89. The van der Waals surface area contributed by atoms with Crippen molar-refractivity contribution < 1.29 is 18.7 Å². The molecule has 2 heterocycles. The highest BCUT2D eigenvalue weighted by Gasteiger charge is 2.26. The molecular weight excluding hydrogens is 342 g/mol. The Morgan fingerprint density at radius 1 is 1.27 bits per heavy atom. The van der Waals surface area contributed by atoms with E-state index in [4.69, 9.17) is 0 Å². The van der Waals surface area contributed by atoms with Gasteiger partial charge in [-0.1, -0.05) is 0 Å². The zero-order valence-corrected chi connectivity index (χ0v) is 13.7. The van der Waals surface area contributed by atoms with Crippen LogP contribution in [0.2, 0.25) is 0 Å². The molecule has 0 spiro atoms. The molecule has 3 aromatic rings. The third-order valence-corrected chi connectivity index (χ3v) is 4.68. The van der Waals surface area contributed by atoms with Crippen LogP contribution in [0, 0.1) is 11.6 Å². The van der Waals surface area contributed by atoms with Gasteiger partial charge in [-0.25, -0.2) is 18.7 Å². The molecule has 0 radical (unpaired) electrons. The van der Waals surface area contributed by atoms with Crippen LogP contribution >= 0.6 is 0 Å². The lowest BCUT2D eigenvalue weighted by Gasteiger charge is -2.24. The molecule has 0 saturated heterocycles. The molecule has 4 rings (SSSR count). The quantitative estimate of drug-likeness (QED) is 0.750. The standard InChI is InChI=1S/C18H16F2N4O2/c19-10-1-3-15-13(5-10)14-6-12(23-18-21-7-11(20)8-22-18)2-4-16(14)24(15)9-17(25)26/h1,3,5,7-8,12H,2,4,6,9H2,(H,25,26)(H,21,22,23)/t12-/m1/s1. The highest BCUT2D eigenvalue weighted by atomic mass is 19.1. The van der Waals surface area contributed by atoms with Gasteiger partial charge in [0.15, 0.2) is 5.82 Å². The molecule has 1 atom stereocenters. The molecule has 0 saturated carbocycles. The van der Waals surface area contributed by atoms with E-state index in [0.717, 1.165) is 41.0 Å². The summed E-state index contributed by atoms with van der Waals surface area (Å²) in [6.45, 7) is -0.156. The molecule has 134 valence electrons. The van der Waals surface area contributed by atoms with Gasteiger partial charge in [-0.15, -0.1) is 0 Å². The van der Waals surface area contributed by atoms with E-state index in [1.165, 1.54) is 12.1 Å². The molecule has 0 fully saturated rings. The lowest BCUT2D eigenvalue weighted by Crippen LogP contribution is -2.29. The smallest absolute Gasteiger partial charge is 0.323 e. The number of carboxylic acid groups (broad SMARTS) is 1. The van der Waals surface area contributed by atoms with Crippen LogP contribution in [0.1, 0.15) is 17.7 Å². The van der Waals surface area contributed by atoms with E-state index in [9.17, 15) is 18.7 Å². The fourth-order valence-electron chi connectivity index (χ4n) is 3.63. The monoisotopic (exact) mass is 358 g/mol. The number of carbonyl (C=O) groups is 1. The number of hydrogen-bond acceptors (Lipinski definition) is 4. The number of nitrogens with one attached hydrogen (secondary N) is 1. The van der Waals surface area contributed by atoms with E-state index >= 15 is 0 Å². The minimum absolute atomic E-state index is 0.0000987. The van der Waals surface area contributed by atoms with Crippen molar-refractivity contribution in [1.29, 1.82) is 0 Å². The fraction of sp³-hybridized carbons (Fsp3) is 0.278. The van der Waals surface area contributed by atoms with Gasteiger partial charge in [-0.3, -0.25) is 4.79 Å². The second-order valence-corrected chi connectivity index (χ2v) is 6.38. The van der Waals surface area contributed by atoms with Crippen LogP contribution in [-0.4, -0.2) is 31.7 Å². The first-order valence-electron chi connectivity index (χ1n) is 8.26. The van der Waals surface area contributed by atoms with E-state index in [1.54, 1.807) is 10.6 Å². The molecule has 8 heteroatoms. The molecular formula is C18H16F2N4O2. The van der Waals surface area contributed by atoms with Gasteiger partial charge in [0.1, 0.15) is 12.4 Å². The topological polar surface area (TPSA) is 80.0 Å². The van der Waals surface area contributed by atoms with Gasteiger partial charge in [0.25, 0.3) is 0 Å². The first-order chi connectivity index (χ1) is 12.5. The molecule has 1 aromatic carbocycles. The summed E-state index contributed by atoms with van der Waals surface area (Å²) in [6, 6.07) is 4.41. The Labute approximate surface area is 147 Å². The number of halogens is 2. The van der Waals surface area contributed by atoms with E-state index < -0.39 is 11.8 Å². The summed E-state index contributed by atoms with van der Waals surface area (Å²) in [4.78, 5) is 19.1.